The number of amidine groups is 1. The minimum absolute atomic E-state index is 0.0705. The quantitative estimate of drug-likeness (QED) is 0.281. The smallest absolute Gasteiger partial charge is 0.227 e. The number of nitrogens with zero attached hydrogens (tertiary/aromatic N) is 2. The van der Waals surface area contributed by atoms with Gasteiger partial charge in [-0.15, -0.1) is 0 Å². The largest absolute Gasteiger partial charge is 0.497 e. The number of ether oxygens (including phenoxy) is 1. The number of hydrogen-bond acceptors (Lipinski definition) is 5. The van der Waals surface area contributed by atoms with Crippen LogP contribution in [0.25, 0.3) is 0 Å². The van der Waals surface area contributed by atoms with Crippen molar-refractivity contribution in [2.75, 3.05) is 12.0 Å². The molecule has 0 saturated heterocycles. The second-order valence-corrected chi connectivity index (χ2v) is 6.61. The van der Waals surface area contributed by atoms with Gasteiger partial charge in [-0.3, -0.25) is 4.79 Å². The fraction of sp³-hybridized carbons (Fsp3) is 0.333. The van der Waals surface area contributed by atoms with Crippen molar-refractivity contribution >= 4 is 17.4 Å². The second-order valence-electron chi connectivity index (χ2n) is 6.61. The van der Waals surface area contributed by atoms with Crippen LogP contribution in [0.5, 0.6) is 5.75 Å². The molecule has 150 valence electrons. The number of carbonyl (C=O) groups is 1. The lowest BCUT2D eigenvalue weighted by Gasteiger charge is -2.24. The van der Waals surface area contributed by atoms with E-state index in [0.717, 1.165) is 41.0 Å². The molecule has 0 atom stereocenters. The van der Waals surface area contributed by atoms with Crippen LogP contribution in [0.1, 0.15) is 42.9 Å². The second kappa shape index (κ2) is 10.3. The number of aryl methyl sites for hydroxylation is 1. The van der Waals surface area contributed by atoms with E-state index in [1.165, 1.54) is 0 Å². The fourth-order valence-electron chi connectivity index (χ4n) is 2.95. The Morgan fingerprint density at radius 2 is 1.93 bits per heavy atom. The molecule has 1 amide bonds. The van der Waals surface area contributed by atoms with Crippen LogP contribution in [0.15, 0.2) is 47.6 Å². The minimum atomic E-state index is 0.0705. The van der Waals surface area contributed by atoms with Crippen LogP contribution in [0, 0.1) is 6.92 Å². The molecule has 2 rings (SSSR count). The summed E-state index contributed by atoms with van der Waals surface area (Å²) in [6, 6.07) is 13.5. The molecule has 0 spiro atoms. The number of amides is 1. The first-order chi connectivity index (χ1) is 13.5. The van der Waals surface area contributed by atoms with Crippen LogP contribution < -0.4 is 26.7 Å². The molecule has 0 unspecified atom stereocenters. The van der Waals surface area contributed by atoms with E-state index < -0.39 is 0 Å². The summed E-state index contributed by atoms with van der Waals surface area (Å²) < 4.78 is 5.22. The zero-order valence-electron chi connectivity index (χ0n) is 16.7. The van der Waals surface area contributed by atoms with Crippen LogP contribution in [0.3, 0.4) is 0 Å². The highest BCUT2D eigenvalue weighted by Gasteiger charge is 2.18. The van der Waals surface area contributed by atoms with E-state index >= 15 is 0 Å². The van der Waals surface area contributed by atoms with Crippen molar-refractivity contribution in [2.45, 2.75) is 39.7 Å². The van der Waals surface area contributed by atoms with Crippen molar-refractivity contribution in [3.05, 3.63) is 59.2 Å². The van der Waals surface area contributed by atoms with Gasteiger partial charge in [0, 0.05) is 17.7 Å². The number of hydrazine groups is 1. The van der Waals surface area contributed by atoms with Gasteiger partial charge < -0.3 is 20.9 Å². The van der Waals surface area contributed by atoms with E-state index in [1.807, 2.05) is 49.4 Å². The third-order valence-corrected chi connectivity index (χ3v) is 4.46. The third-order valence-electron chi connectivity index (χ3n) is 4.46. The average molecular weight is 383 g/mol. The summed E-state index contributed by atoms with van der Waals surface area (Å²) in [5.74, 6) is 12.1. The standard InChI is InChI=1S/C21H29N5O2/c1-4-5-6-20(27)26(14-16-7-9-19(28-3)10-8-16)18-12-15(2)11-17(13-18)21(24-22)25-23/h7-13H,4-6,14,22-23H2,1-3H3,(H,24,25). The summed E-state index contributed by atoms with van der Waals surface area (Å²) in [6.45, 7) is 4.49. The number of anilines is 1. The van der Waals surface area contributed by atoms with Gasteiger partial charge in [0.05, 0.1) is 13.7 Å². The number of methoxy groups -OCH3 is 1. The van der Waals surface area contributed by atoms with E-state index in [2.05, 4.69) is 17.5 Å². The van der Waals surface area contributed by atoms with Crippen LogP contribution in [0.4, 0.5) is 5.69 Å². The lowest BCUT2D eigenvalue weighted by molar-refractivity contribution is -0.118. The zero-order valence-corrected chi connectivity index (χ0v) is 16.7. The first kappa shape index (κ1) is 21.2. The van der Waals surface area contributed by atoms with Crippen molar-refractivity contribution in [3.63, 3.8) is 0 Å². The predicted octanol–water partition coefficient (Wildman–Crippen LogP) is 2.81. The van der Waals surface area contributed by atoms with Crippen LogP contribution in [-0.2, 0) is 11.3 Å². The molecule has 0 aromatic heterocycles. The maximum Gasteiger partial charge on any atom is 0.227 e. The molecule has 0 bridgehead atoms. The molecule has 0 aliphatic carbocycles. The molecule has 28 heavy (non-hydrogen) atoms. The van der Waals surface area contributed by atoms with Gasteiger partial charge in [0.25, 0.3) is 0 Å². The highest BCUT2D eigenvalue weighted by Crippen LogP contribution is 2.24. The van der Waals surface area contributed by atoms with Gasteiger partial charge in [-0.1, -0.05) is 25.5 Å². The number of nitrogens with two attached hydrogens (primary N) is 2. The number of hydrazone groups is 1. The Morgan fingerprint density at radius 3 is 2.50 bits per heavy atom. The van der Waals surface area contributed by atoms with Gasteiger partial charge in [0.1, 0.15) is 5.75 Å². The molecule has 7 nitrogen and oxygen atoms in total. The Balaban J connectivity index is 2.41. The number of benzene rings is 2. The number of carbonyl (C=O) groups excluding carboxylic acids is 1. The summed E-state index contributed by atoms with van der Waals surface area (Å²) in [7, 11) is 1.63. The molecule has 0 heterocycles. The van der Waals surface area contributed by atoms with Crippen molar-refractivity contribution in [1.82, 2.24) is 5.43 Å². The number of nitrogens with one attached hydrogen (secondary N) is 1. The molecule has 5 N–H and O–H groups in total. The molecule has 0 fully saturated rings. The predicted molar refractivity (Wildman–Crippen MR) is 113 cm³/mol. The number of rotatable bonds is 8. The van der Waals surface area contributed by atoms with E-state index in [9.17, 15) is 4.79 Å². The van der Waals surface area contributed by atoms with E-state index in [-0.39, 0.29) is 5.91 Å². The number of hydrogen-bond donors (Lipinski definition) is 3. The van der Waals surface area contributed by atoms with Crippen LogP contribution in [-0.4, -0.2) is 18.9 Å². The maximum atomic E-state index is 13.0. The maximum absolute atomic E-state index is 13.0. The zero-order chi connectivity index (χ0) is 20.5. The van der Waals surface area contributed by atoms with Gasteiger partial charge in [-0.05, 0) is 54.8 Å². The lowest BCUT2D eigenvalue weighted by atomic mass is 10.1. The number of unbranched alkanes of at least 4 members (excludes halogenated alkanes) is 1. The van der Waals surface area contributed by atoms with Gasteiger partial charge in [0.2, 0.25) is 5.91 Å². The molecule has 0 aliphatic heterocycles. The Kier molecular flexibility index (Phi) is 7.83. The SMILES string of the molecule is CCCCC(=O)N(Cc1ccc(OC)cc1)c1cc(C)cc(/C(=N/N)NN)c1. The molecular weight excluding hydrogens is 354 g/mol. The summed E-state index contributed by atoms with van der Waals surface area (Å²) >= 11 is 0. The van der Waals surface area contributed by atoms with Gasteiger partial charge in [-0.2, -0.15) is 5.10 Å². The summed E-state index contributed by atoms with van der Waals surface area (Å²) in [4.78, 5) is 14.8. The van der Waals surface area contributed by atoms with Crippen molar-refractivity contribution in [2.24, 2.45) is 16.8 Å². The fourth-order valence-corrected chi connectivity index (χ4v) is 2.95. The summed E-state index contributed by atoms with van der Waals surface area (Å²) in [6.07, 6.45) is 2.29. The Morgan fingerprint density at radius 1 is 1.21 bits per heavy atom. The molecule has 2 aromatic rings. The van der Waals surface area contributed by atoms with Crippen LogP contribution >= 0.6 is 0 Å². The third kappa shape index (κ3) is 5.47. The molecule has 7 heteroatoms. The first-order valence-electron chi connectivity index (χ1n) is 9.32. The molecule has 2 aromatic carbocycles. The topological polar surface area (TPSA) is 106 Å². The molecule has 0 radical (unpaired) electrons. The first-order valence-corrected chi connectivity index (χ1v) is 9.32. The molecule has 0 aliphatic rings. The van der Waals surface area contributed by atoms with Crippen molar-refractivity contribution in [1.29, 1.82) is 0 Å². The molecule has 0 saturated carbocycles. The Labute approximate surface area is 166 Å². The average Bonchev–Trinajstić information content (AvgIpc) is 2.71. The Bertz CT molecular complexity index is 818. The minimum Gasteiger partial charge on any atom is -0.497 e. The monoisotopic (exact) mass is 383 g/mol. The normalized spacial score (nSPS) is 11.2. The Hall–Kier alpha value is -3.06. The lowest BCUT2D eigenvalue weighted by Crippen LogP contribution is -2.33. The van der Waals surface area contributed by atoms with Crippen LogP contribution in [0.2, 0.25) is 0 Å². The van der Waals surface area contributed by atoms with E-state index in [4.69, 9.17) is 16.4 Å². The van der Waals surface area contributed by atoms with E-state index in [0.29, 0.717) is 18.8 Å². The summed E-state index contributed by atoms with van der Waals surface area (Å²) in [5, 5.41) is 3.68. The van der Waals surface area contributed by atoms with Gasteiger partial charge in [-0.25, -0.2) is 5.84 Å². The highest BCUT2D eigenvalue weighted by atomic mass is 16.5. The highest BCUT2D eigenvalue weighted by molar-refractivity contribution is 6.01. The molecular formula is C21H29N5O2. The van der Waals surface area contributed by atoms with Gasteiger partial charge in [0.15, 0.2) is 5.84 Å². The van der Waals surface area contributed by atoms with Crippen molar-refractivity contribution < 1.29 is 9.53 Å². The summed E-state index contributed by atoms with van der Waals surface area (Å²) in [5.41, 5.74) is 5.99. The van der Waals surface area contributed by atoms with E-state index in [1.54, 1.807) is 12.0 Å². The van der Waals surface area contributed by atoms with Gasteiger partial charge >= 0.3 is 0 Å². The van der Waals surface area contributed by atoms with Crippen molar-refractivity contribution in [3.8, 4) is 5.75 Å².